The van der Waals surface area contributed by atoms with Crippen LogP contribution in [0.1, 0.15) is 12.8 Å². The number of hydrogen-bond acceptors (Lipinski definition) is 2. The summed E-state index contributed by atoms with van der Waals surface area (Å²) in [5.41, 5.74) is 7.75. The van der Waals surface area contributed by atoms with Crippen LogP contribution in [0.15, 0.2) is 23.4 Å². The minimum Gasteiger partial charge on any atom is -0.399 e. The Balaban J connectivity index is 2.51. The van der Waals surface area contributed by atoms with Crippen LogP contribution in [0, 0.1) is 0 Å². The maximum atomic E-state index is 5.58. The van der Waals surface area contributed by atoms with E-state index in [1.807, 2.05) is 12.2 Å². The Labute approximate surface area is 61.4 Å². The fourth-order valence-corrected chi connectivity index (χ4v) is 1.09. The molecule has 2 nitrogen and oxygen atoms in total. The van der Waals surface area contributed by atoms with Crippen LogP contribution in [0.25, 0.3) is 0 Å². The third-order valence-corrected chi connectivity index (χ3v) is 1.55. The van der Waals surface area contributed by atoms with Gasteiger partial charge in [-0.05, 0) is 24.5 Å². The number of hydrogen-bond donors (Lipinski definition) is 1. The molecule has 0 spiro atoms. The SMILES string of the molecule is COCC1=CC(N)=CCC1. The second-order valence-corrected chi connectivity index (χ2v) is 2.48. The quantitative estimate of drug-likeness (QED) is 0.623. The zero-order valence-electron chi connectivity index (χ0n) is 6.26. The molecule has 0 radical (unpaired) electrons. The molecule has 0 atom stereocenters. The molecule has 0 aromatic carbocycles. The lowest BCUT2D eigenvalue weighted by molar-refractivity contribution is 0.222. The van der Waals surface area contributed by atoms with Gasteiger partial charge in [0.2, 0.25) is 0 Å². The second-order valence-electron chi connectivity index (χ2n) is 2.48. The highest BCUT2D eigenvalue weighted by atomic mass is 16.5. The van der Waals surface area contributed by atoms with Crippen molar-refractivity contribution in [2.75, 3.05) is 13.7 Å². The fourth-order valence-electron chi connectivity index (χ4n) is 1.09. The summed E-state index contributed by atoms with van der Waals surface area (Å²) in [5.74, 6) is 0. The van der Waals surface area contributed by atoms with Crippen LogP contribution in [-0.2, 0) is 4.74 Å². The first-order valence-electron chi connectivity index (χ1n) is 3.47. The molecule has 0 amide bonds. The van der Waals surface area contributed by atoms with Gasteiger partial charge in [0.05, 0.1) is 6.61 Å². The molecule has 0 unspecified atom stereocenters. The Bertz CT molecular complexity index is 170. The number of ether oxygens (including phenoxy) is 1. The predicted octanol–water partition coefficient (Wildman–Crippen LogP) is 1.20. The molecule has 2 N–H and O–H groups in total. The van der Waals surface area contributed by atoms with Gasteiger partial charge >= 0.3 is 0 Å². The topological polar surface area (TPSA) is 35.2 Å². The third kappa shape index (κ3) is 1.88. The van der Waals surface area contributed by atoms with Crippen LogP contribution in [0.3, 0.4) is 0 Å². The molecule has 0 heterocycles. The highest BCUT2D eigenvalue weighted by Gasteiger charge is 2.01. The van der Waals surface area contributed by atoms with Gasteiger partial charge in [0, 0.05) is 12.8 Å². The molecule has 56 valence electrons. The van der Waals surface area contributed by atoms with Crippen LogP contribution < -0.4 is 5.73 Å². The lowest BCUT2D eigenvalue weighted by Gasteiger charge is -2.09. The largest absolute Gasteiger partial charge is 0.399 e. The van der Waals surface area contributed by atoms with Crippen LogP contribution in [0.4, 0.5) is 0 Å². The Hall–Kier alpha value is -0.760. The van der Waals surface area contributed by atoms with E-state index < -0.39 is 0 Å². The van der Waals surface area contributed by atoms with E-state index in [0.29, 0.717) is 6.61 Å². The average molecular weight is 139 g/mol. The molecular formula is C8H13NO. The zero-order chi connectivity index (χ0) is 7.40. The standard InChI is InChI=1S/C8H13NO/c1-10-6-7-3-2-4-8(9)5-7/h4-5H,2-3,6,9H2,1H3. The van der Waals surface area contributed by atoms with E-state index in [1.54, 1.807) is 7.11 Å². The predicted molar refractivity (Wildman–Crippen MR) is 41.5 cm³/mol. The third-order valence-electron chi connectivity index (χ3n) is 1.55. The maximum absolute atomic E-state index is 5.58. The molecule has 0 saturated carbocycles. The van der Waals surface area contributed by atoms with Crippen molar-refractivity contribution in [3.63, 3.8) is 0 Å². The van der Waals surface area contributed by atoms with Crippen LogP contribution in [0.2, 0.25) is 0 Å². The van der Waals surface area contributed by atoms with E-state index in [-0.39, 0.29) is 0 Å². The summed E-state index contributed by atoms with van der Waals surface area (Å²) in [5, 5.41) is 0. The molecule has 1 rings (SSSR count). The van der Waals surface area contributed by atoms with Gasteiger partial charge in [0.1, 0.15) is 0 Å². The lowest BCUT2D eigenvalue weighted by Crippen LogP contribution is -2.03. The van der Waals surface area contributed by atoms with E-state index in [2.05, 4.69) is 0 Å². The Morgan fingerprint density at radius 2 is 2.50 bits per heavy atom. The van der Waals surface area contributed by atoms with E-state index in [9.17, 15) is 0 Å². The van der Waals surface area contributed by atoms with E-state index in [4.69, 9.17) is 10.5 Å². The first-order valence-corrected chi connectivity index (χ1v) is 3.47. The number of methoxy groups -OCH3 is 1. The van der Waals surface area contributed by atoms with Crippen molar-refractivity contribution in [2.45, 2.75) is 12.8 Å². The van der Waals surface area contributed by atoms with E-state index in [1.165, 1.54) is 5.57 Å². The van der Waals surface area contributed by atoms with Gasteiger partial charge < -0.3 is 10.5 Å². The van der Waals surface area contributed by atoms with Gasteiger partial charge in [0.25, 0.3) is 0 Å². The van der Waals surface area contributed by atoms with Gasteiger partial charge in [-0.2, -0.15) is 0 Å². The molecular weight excluding hydrogens is 126 g/mol. The molecule has 0 aliphatic heterocycles. The van der Waals surface area contributed by atoms with Crippen molar-refractivity contribution in [3.05, 3.63) is 23.4 Å². The van der Waals surface area contributed by atoms with Crippen molar-refractivity contribution < 1.29 is 4.74 Å². The molecule has 0 bridgehead atoms. The van der Waals surface area contributed by atoms with E-state index in [0.717, 1.165) is 18.5 Å². The van der Waals surface area contributed by atoms with Crippen molar-refractivity contribution in [1.29, 1.82) is 0 Å². The van der Waals surface area contributed by atoms with Crippen LogP contribution in [-0.4, -0.2) is 13.7 Å². The zero-order valence-corrected chi connectivity index (χ0v) is 6.26. The van der Waals surface area contributed by atoms with Crippen LogP contribution in [0.5, 0.6) is 0 Å². The number of allylic oxidation sites excluding steroid dienone is 2. The highest BCUT2D eigenvalue weighted by molar-refractivity contribution is 5.25. The summed E-state index contributed by atoms with van der Waals surface area (Å²) < 4.78 is 4.98. The summed E-state index contributed by atoms with van der Waals surface area (Å²) >= 11 is 0. The summed E-state index contributed by atoms with van der Waals surface area (Å²) in [6, 6.07) is 0. The maximum Gasteiger partial charge on any atom is 0.0676 e. The molecule has 10 heavy (non-hydrogen) atoms. The van der Waals surface area contributed by atoms with Gasteiger partial charge in [-0.25, -0.2) is 0 Å². The average Bonchev–Trinajstić information content (AvgIpc) is 1.88. The van der Waals surface area contributed by atoms with Crippen LogP contribution >= 0.6 is 0 Å². The summed E-state index contributed by atoms with van der Waals surface area (Å²) in [4.78, 5) is 0. The molecule has 2 heteroatoms. The second kappa shape index (κ2) is 3.42. The molecule has 1 aliphatic rings. The van der Waals surface area contributed by atoms with E-state index >= 15 is 0 Å². The van der Waals surface area contributed by atoms with Gasteiger partial charge in [0.15, 0.2) is 0 Å². The first kappa shape index (κ1) is 7.35. The van der Waals surface area contributed by atoms with Gasteiger partial charge in [-0.15, -0.1) is 0 Å². The summed E-state index contributed by atoms with van der Waals surface area (Å²) in [6.07, 6.45) is 6.18. The smallest absolute Gasteiger partial charge is 0.0676 e. The fraction of sp³-hybridized carbons (Fsp3) is 0.500. The normalized spacial score (nSPS) is 18.1. The molecule has 0 fully saturated rings. The van der Waals surface area contributed by atoms with Crippen molar-refractivity contribution in [1.82, 2.24) is 0 Å². The van der Waals surface area contributed by atoms with Gasteiger partial charge in [-0.3, -0.25) is 0 Å². The Kier molecular flexibility index (Phi) is 2.51. The Morgan fingerprint density at radius 3 is 3.10 bits per heavy atom. The minimum absolute atomic E-state index is 0.717. The molecule has 0 saturated heterocycles. The summed E-state index contributed by atoms with van der Waals surface area (Å²) in [6.45, 7) is 0.717. The van der Waals surface area contributed by atoms with Crippen molar-refractivity contribution >= 4 is 0 Å². The Morgan fingerprint density at radius 1 is 1.70 bits per heavy atom. The molecule has 0 aromatic heterocycles. The highest BCUT2D eigenvalue weighted by Crippen LogP contribution is 2.13. The minimum atomic E-state index is 0.717. The van der Waals surface area contributed by atoms with Gasteiger partial charge in [-0.1, -0.05) is 6.08 Å². The monoisotopic (exact) mass is 139 g/mol. The number of nitrogens with two attached hydrogens (primary N) is 1. The molecule has 1 aliphatic carbocycles. The molecule has 0 aromatic rings. The first-order chi connectivity index (χ1) is 4.83. The lowest BCUT2D eigenvalue weighted by atomic mass is 10.0. The number of rotatable bonds is 2. The van der Waals surface area contributed by atoms with Crippen molar-refractivity contribution in [2.24, 2.45) is 5.73 Å². The van der Waals surface area contributed by atoms with Crippen molar-refractivity contribution in [3.8, 4) is 0 Å². The summed E-state index contributed by atoms with van der Waals surface area (Å²) in [7, 11) is 1.70.